The first-order valence-electron chi connectivity index (χ1n) is 13.4. The van der Waals surface area contributed by atoms with E-state index in [1.54, 1.807) is 34.4 Å². The second-order valence-electron chi connectivity index (χ2n) is 12.8. The van der Waals surface area contributed by atoms with Crippen LogP contribution in [0.2, 0.25) is 0 Å². The highest BCUT2D eigenvalue weighted by Crippen LogP contribution is 2.90. The highest BCUT2D eigenvalue weighted by Gasteiger charge is 2.94. The Bertz CT molecular complexity index is 1300. The van der Waals surface area contributed by atoms with Crippen molar-refractivity contribution in [3.05, 3.63) is 65.9 Å². The van der Waals surface area contributed by atoms with Gasteiger partial charge in [-0.3, -0.25) is 14.4 Å². The quantitative estimate of drug-likeness (QED) is 0.680. The maximum Gasteiger partial charge on any atom is 0.333 e. The van der Waals surface area contributed by atoms with Crippen LogP contribution in [0, 0.1) is 35.5 Å². The van der Waals surface area contributed by atoms with Crippen molar-refractivity contribution in [3.8, 4) is 0 Å². The minimum atomic E-state index is 0.0437. The molecule has 0 radical (unpaired) electrons. The average molecular weight is 453 g/mol. The summed E-state index contributed by atoms with van der Waals surface area (Å²) in [6, 6.07) is 8.37. The number of rotatable bonds is 2. The van der Waals surface area contributed by atoms with Gasteiger partial charge in [-0.15, -0.1) is 0 Å². The number of carbonyl (C=O) groups is 1. The Hall–Kier alpha value is -2.40. The SMILES string of the molecule is C=C1[C@H]2CC34CCC(C2C32c3cc(C)ccc3CC23CN(CC2CC2)C43)N1C(=O)n1ccnc1. The van der Waals surface area contributed by atoms with Crippen molar-refractivity contribution in [1.82, 2.24) is 19.4 Å². The monoisotopic (exact) mass is 452 g/mol. The van der Waals surface area contributed by atoms with Crippen LogP contribution in [-0.4, -0.2) is 50.6 Å². The van der Waals surface area contributed by atoms with Crippen LogP contribution in [-0.2, 0) is 11.8 Å². The van der Waals surface area contributed by atoms with Gasteiger partial charge in [-0.2, -0.15) is 0 Å². The number of amides is 1. The summed E-state index contributed by atoms with van der Waals surface area (Å²) < 4.78 is 1.65. The molecular formula is C29H32N4O. The number of aromatic nitrogens is 2. The molecule has 7 atom stereocenters. The van der Waals surface area contributed by atoms with Gasteiger partial charge in [0.15, 0.2) is 0 Å². The van der Waals surface area contributed by atoms with Crippen molar-refractivity contribution < 1.29 is 4.79 Å². The van der Waals surface area contributed by atoms with E-state index >= 15 is 0 Å². The number of aryl methyl sites for hydroxylation is 1. The van der Waals surface area contributed by atoms with Crippen molar-refractivity contribution in [2.45, 2.75) is 62.9 Å². The molecule has 5 nitrogen and oxygen atoms in total. The van der Waals surface area contributed by atoms with E-state index in [1.165, 1.54) is 50.8 Å². The normalized spacial score (nSPS) is 44.7. The lowest BCUT2D eigenvalue weighted by Gasteiger charge is -2.84. The number of fused-ring (bicyclic) bond motifs is 1. The fourth-order valence-corrected chi connectivity index (χ4v) is 11.1. The summed E-state index contributed by atoms with van der Waals surface area (Å²) in [4.78, 5) is 22.8. The Labute approximate surface area is 200 Å². The highest BCUT2D eigenvalue weighted by molar-refractivity contribution is 5.80. The van der Waals surface area contributed by atoms with Crippen LogP contribution in [0.1, 0.15) is 48.8 Å². The predicted molar refractivity (Wildman–Crippen MR) is 128 cm³/mol. The molecule has 2 spiro atoms. The molecule has 1 aromatic heterocycles. The Morgan fingerprint density at radius 2 is 2.12 bits per heavy atom. The van der Waals surface area contributed by atoms with Crippen LogP contribution in [0.4, 0.5) is 4.79 Å². The minimum absolute atomic E-state index is 0.0437. The van der Waals surface area contributed by atoms with Crippen LogP contribution in [0.3, 0.4) is 0 Å². The summed E-state index contributed by atoms with van der Waals surface area (Å²) in [6.45, 7) is 9.46. The van der Waals surface area contributed by atoms with E-state index in [2.05, 4.69) is 46.5 Å². The summed E-state index contributed by atoms with van der Waals surface area (Å²) in [6.07, 6.45) is 12.8. The third kappa shape index (κ3) is 1.69. The van der Waals surface area contributed by atoms with E-state index in [0.29, 0.717) is 22.7 Å². The predicted octanol–water partition coefficient (Wildman–Crippen LogP) is 4.36. The molecule has 6 unspecified atom stereocenters. The lowest BCUT2D eigenvalue weighted by molar-refractivity contribution is -0.322. The third-order valence-electron chi connectivity index (χ3n) is 11.7. The molecule has 7 aliphatic rings. The van der Waals surface area contributed by atoms with Crippen molar-refractivity contribution >= 4 is 6.03 Å². The number of likely N-dealkylation sites (tertiary alicyclic amines) is 2. The fraction of sp³-hybridized carbons (Fsp3) is 0.586. The first-order valence-corrected chi connectivity index (χ1v) is 13.4. The zero-order chi connectivity index (χ0) is 22.6. The summed E-state index contributed by atoms with van der Waals surface area (Å²) in [7, 11) is 0. The average Bonchev–Trinajstić information content (AvgIpc) is 3.20. The summed E-state index contributed by atoms with van der Waals surface area (Å²) in [5.74, 6) is 1.89. The van der Waals surface area contributed by atoms with Gasteiger partial charge in [0.2, 0.25) is 0 Å². The maximum atomic E-state index is 13.6. The zero-order valence-corrected chi connectivity index (χ0v) is 19.9. The molecule has 4 saturated carbocycles. The van der Waals surface area contributed by atoms with Gasteiger partial charge in [0.05, 0.1) is 0 Å². The van der Waals surface area contributed by atoms with E-state index < -0.39 is 0 Å². The second-order valence-corrected chi connectivity index (χ2v) is 12.8. The van der Waals surface area contributed by atoms with Gasteiger partial charge >= 0.3 is 6.03 Å². The number of piperidine rings is 1. The van der Waals surface area contributed by atoms with Crippen molar-refractivity contribution in [2.24, 2.45) is 28.6 Å². The number of hydrogen-bond acceptors (Lipinski definition) is 3. The molecule has 34 heavy (non-hydrogen) atoms. The van der Waals surface area contributed by atoms with E-state index in [1.807, 2.05) is 0 Å². The number of imidazole rings is 1. The van der Waals surface area contributed by atoms with Crippen LogP contribution >= 0.6 is 0 Å². The second kappa shape index (κ2) is 5.53. The lowest BCUT2D eigenvalue weighted by atomic mass is 9.27. The topological polar surface area (TPSA) is 41.4 Å². The number of allylic oxidation sites excluding steroid dienone is 1. The van der Waals surface area contributed by atoms with E-state index in [0.717, 1.165) is 24.1 Å². The molecule has 174 valence electrons. The lowest BCUT2D eigenvalue weighted by Crippen LogP contribution is -2.91. The first kappa shape index (κ1) is 18.9. The molecule has 2 aromatic rings. The molecule has 6 fully saturated rings. The number of nitrogens with zero attached hydrogens (tertiary/aromatic N) is 4. The molecule has 9 rings (SSSR count). The Kier molecular flexibility index (Phi) is 3.07. The largest absolute Gasteiger partial charge is 0.333 e. The molecule has 0 N–H and O–H groups in total. The first-order chi connectivity index (χ1) is 16.5. The zero-order valence-electron chi connectivity index (χ0n) is 19.9. The number of benzene rings is 1. The van der Waals surface area contributed by atoms with Crippen LogP contribution < -0.4 is 0 Å². The molecule has 2 bridgehead atoms. The molecule has 1 amide bonds. The van der Waals surface area contributed by atoms with E-state index in [4.69, 9.17) is 0 Å². The van der Waals surface area contributed by atoms with Gasteiger partial charge in [0, 0.05) is 60.0 Å². The van der Waals surface area contributed by atoms with Crippen LogP contribution in [0.5, 0.6) is 0 Å². The molecule has 2 saturated heterocycles. The standard InChI is InChI=1S/C29H32N4O/c1-17-3-6-20-12-28-15-32(14-19-4-5-19)25(28)27-8-7-23-24(29(27,28)22(20)11-17)21(13-27)18(2)33(23)26(34)31-10-9-30-16-31/h3,6,9-11,16,19,21,23-25H,2,4-5,7-8,12-15H2,1H3/t21-,23?,24?,25?,27?,28?,29?/m1/s1. The van der Waals surface area contributed by atoms with Crippen molar-refractivity contribution in [2.75, 3.05) is 13.1 Å². The van der Waals surface area contributed by atoms with Gasteiger partial charge in [0.25, 0.3) is 0 Å². The van der Waals surface area contributed by atoms with Gasteiger partial charge in [-0.25, -0.2) is 9.78 Å². The van der Waals surface area contributed by atoms with Crippen LogP contribution in [0.15, 0.2) is 49.2 Å². The minimum Gasteiger partial charge on any atom is -0.298 e. The van der Waals surface area contributed by atoms with E-state index in [-0.39, 0.29) is 17.5 Å². The molecule has 2 aliphatic heterocycles. The molecule has 5 aliphatic carbocycles. The van der Waals surface area contributed by atoms with Crippen molar-refractivity contribution in [3.63, 3.8) is 0 Å². The summed E-state index contributed by atoms with van der Waals surface area (Å²) in [5, 5.41) is 0. The van der Waals surface area contributed by atoms with E-state index in [9.17, 15) is 4.79 Å². The molecule has 5 heteroatoms. The highest BCUT2D eigenvalue weighted by atomic mass is 16.2. The maximum absolute atomic E-state index is 13.6. The summed E-state index contributed by atoms with van der Waals surface area (Å²) >= 11 is 0. The van der Waals surface area contributed by atoms with Crippen LogP contribution in [0.25, 0.3) is 0 Å². The third-order valence-corrected chi connectivity index (χ3v) is 11.7. The molecule has 3 heterocycles. The van der Waals surface area contributed by atoms with Gasteiger partial charge < -0.3 is 0 Å². The fourth-order valence-electron chi connectivity index (χ4n) is 11.1. The Balaban J connectivity index is 1.22. The Morgan fingerprint density at radius 1 is 1.24 bits per heavy atom. The summed E-state index contributed by atoms with van der Waals surface area (Å²) in [5.41, 5.74) is 6.72. The van der Waals surface area contributed by atoms with Crippen molar-refractivity contribution in [1.29, 1.82) is 0 Å². The Morgan fingerprint density at radius 3 is 2.91 bits per heavy atom. The molecular weight excluding hydrogens is 420 g/mol. The molecule has 1 aromatic carbocycles. The van der Waals surface area contributed by atoms with Gasteiger partial charge in [-0.05, 0) is 73.8 Å². The number of carbonyl (C=O) groups excluding carboxylic acids is 1. The smallest absolute Gasteiger partial charge is 0.298 e. The van der Waals surface area contributed by atoms with Gasteiger partial charge in [-0.1, -0.05) is 30.3 Å². The van der Waals surface area contributed by atoms with Gasteiger partial charge in [0.1, 0.15) is 6.33 Å². The number of hydrogen-bond donors (Lipinski definition) is 0.